The van der Waals surface area contributed by atoms with Crippen molar-refractivity contribution in [3.05, 3.63) is 65.8 Å². The molecule has 2 aromatic heterocycles. The lowest BCUT2D eigenvalue weighted by Gasteiger charge is -2.00. The number of pyridine rings is 1. The van der Waals surface area contributed by atoms with Crippen LogP contribution in [0, 0.1) is 0 Å². The fourth-order valence-electron chi connectivity index (χ4n) is 1.81. The monoisotopic (exact) mass is 252 g/mol. The highest BCUT2D eigenvalue weighted by atomic mass is 16.1. The van der Waals surface area contributed by atoms with E-state index in [-0.39, 0.29) is 5.78 Å². The molecular weight excluding hydrogens is 236 g/mol. The molecule has 0 bridgehead atoms. The van der Waals surface area contributed by atoms with E-state index < -0.39 is 0 Å². The van der Waals surface area contributed by atoms with Crippen LogP contribution in [0.3, 0.4) is 0 Å². The van der Waals surface area contributed by atoms with Crippen molar-refractivity contribution in [2.24, 2.45) is 7.05 Å². The van der Waals surface area contributed by atoms with Crippen molar-refractivity contribution in [3.63, 3.8) is 0 Å². The molecule has 2 heterocycles. The van der Waals surface area contributed by atoms with Crippen LogP contribution in [0.25, 0.3) is 12.2 Å². The number of carbonyl (C=O) groups is 1. The molecule has 3 heteroatoms. The first kappa shape index (κ1) is 13.0. The van der Waals surface area contributed by atoms with E-state index in [1.807, 2.05) is 48.9 Å². The molecule has 0 amide bonds. The SMILES string of the molecule is C/C=C/c1ccc(/C=C/C(=O)c2cccnc2)n1C. The molecule has 0 saturated heterocycles. The second-order valence-corrected chi connectivity index (χ2v) is 4.18. The zero-order valence-corrected chi connectivity index (χ0v) is 11.1. The van der Waals surface area contributed by atoms with Crippen molar-refractivity contribution in [1.82, 2.24) is 9.55 Å². The maximum Gasteiger partial charge on any atom is 0.187 e. The number of aromatic nitrogens is 2. The number of carbonyl (C=O) groups excluding carboxylic acids is 1. The van der Waals surface area contributed by atoms with E-state index in [4.69, 9.17) is 0 Å². The fourth-order valence-corrected chi connectivity index (χ4v) is 1.81. The van der Waals surface area contributed by atoms with Gasteiger partial charge in [0.15, 0.2) is 5.78 Å². The van der Waals surface area contributed by atoms with E-state index in [9.17, 15) is 4.79 Å². The van der Waals surface area contributed by atoms with Gasteiger partial charge in [0.2, 0.25) is 0 Å². The number of hydrogen-bond donors (Lipinski definition) is 0. The van der Waals surface area contributed by atoms with Crippen LogP contribution < -0.4 is 0 Å². The lowest BCUT2D eigenvalue weighted by atomic mass is 10.2. The Morgan fingerprint density at radius 1 is 1.21 bits per heavy atom. The molecule has 2 aromatic rings. The average molecular weight is 252 g/mol. The summed E-state index contributed by atoms with van der Waals surface area (Å²) in [5.41, 5.74) is 2.70. The van der Waals surface area contributed by atoms with Crippen LogP contribution in [0.1, 0.15) is 28.7 Å². The van der Waals surface area contributed by atoms with E-state index in [1.165, 1.54) is 0 Å². The predicted molar refractivity (Wildman–Crippen MR) is 77.7 cm³/mol. The lowest BCUT2D eigenvalue weighted by molar-refractivity contribution is 0.104. The first-order valence-electron chi connectivity index (χ1n) is 6.13. The van der Waals surface area contributed by atoms with Gasteiger partial charge < -0.3 is 4.57 Å². The third-order valence-electron chi connectivity index (χ3n) is 2.89. The van der Waals surface area contributed by atoms with Crippen molar-refractivity contribution in [3.8, 4) is 0 Å². The maximum absolute atomic E-state index is 11.9. The van der Waals surface area contributed by atoms with Crippen molar-refractivity contribution >= 4 is 17.9 Å². The van der Waals surface area contributed by atoms with Crippen LogP contribution >= 0.6 is 0 Å². The second-order valence-electron chi connectivity index (χ2n) is 4.18. The highest BCUT2D eigenvalue weighted by Gasteiger charge is 2.02. The summed E-state index contributed by atoms with van der Waals surface area (Å²) in [5, 5.41) is 0. The molecule has 0 N–H and O–H groups in total. The molecule has 0 radical (unpaired) electrons. The Labute approximate surface area is 112 Å². The molecule has 96 valence electrons. The minimum absolute atomic E-state index is 0.0399. The summed E-state index contributed by atoms with van der Waals surface area (Å²) in [6.07, 6.45) is 10.6. The highest BCUT2D eigenvalue weighted by Crippen LogP contribution is 2.11. The lowest BCUT2D eigenvalue weighted by Crippen LogP contribution is -1.96. The van der Waals surface area contributed by atoms with E-state index in [0.717, 1.165) is 11.4 Å². The maximum atomic E-state index is 11.9. The van der Waals surface area contributed by atoms with Crippen LogP contribution in [0.15, 0.2) is 48.8 Å². The van der Waals surface area contributed by atoms with E-state index in [1.54, 1.807) is 30.6 Å². The van der Waals surface area contributed by atoms with Crippen LogP contribution in [-0.2, 0) is 7.05 Å². The third kappa shape index (κ3) is 3.07. The number of allylic oxidation sites excluding steroid dienone is 2. The molecule has 0 fully saturated rings. The Balaban J connectivity index is 2.17. The Hall–Kier alpha value is -2.42. The predicted octanol–water partition coefficient (Wildman–Crippen LogP) is 3.35. The van der Waals surface area contributed by atoms with Crippen molar-refractivity contribution in [2.45, 2.75) is 6.92 Å². The molecule has 0 aliphatic carbocycles. The molecule has 0 spiro atoms. The van der Waals surface area contributed by atoms with Crippen molar-refractivity contribution in [2.75, 3.05) is 0 Å². The minimum Gasteiger partial charge on any atom is -0.345 e. The molecule has 19 heavy (non-hydrogen) atoms. The molecule has 3 nitrogen and oxygen atoms in total. The van der Waals surface area contributed by atoms with Gasteiger partial charge in [0, 0.05) is 36.4 Å². The number of hydrogen-bond acceptors (Lipinski definition) is 2. The van der Waals surface area contributed by atoms with E-state index in [2.05, 4.69) is 4.98 Å². The van der Waals surface area contributed by atoms with Gasteiger partial charge in [-0.15, -0.1) is 0 Å². The molecule has 2 rings (SSSR count). The summed E-state index contributed by atoms with van der Waals surface area (Å²) in [4.78, 5) is 15.8. The largest absolute Gasteiger partial charge is 0.345 e. The van der Waals surface area contributed by atoms with Gasteiger partial charge in [-0.05, 0) is 49.4 Å². The second kappa shape index (κ2) is 5.96. The molecular formula is C16H16N2O. The topological polar surface area (TPSA) is 34.9 Å². The normalized spacial score (nSPS) is 11.5. The van der Waals surface area contributed by atoms with Crippen molar-refractivity contribution in [1.29, 1.82) is 0 Å². The summed E-state index contributed by atoms with van der Waals surface area (Å²) in [5.74, 6) is -0.0399. The van der Waals surface area contributed by atoms with Gasteiger partial charge in [0.1, 0.15) is 0 Å². The smallest absolute Gasteiger partial charge is 0.187 e. The van der Waals surface area contributed by atoms with Gasteiger partial charge in [-0.2, -0.15) is 0 Å². The summed E-state index contributed by atoms with van der Waals surface area (Å²) in [6, 6.07) is 7.53. The quantitative estimate of drug-likeness (QED) is 0.618. The third-order valence-corrected chi connectivity index (χ3v) is 2.89. The minimum atomic E-state index is -0.0399. The molecule has 0 atom stereocenters. The standard InChI is InChI=1S/C16H16N2O/c1-3-5-14-7-8-15(18(14)2)9-10-16(19)13-6-4-11-17-12-13/h3-12H,1-2H3/b5-3+,10-9+. The fraction of sp³-hybridized carbons (Fsp3) is 0.125. The Kier molecular flexibility index (Phi) is 4.08. The van der Waals surface area contributed by atoms with Gasteiger partial charge in [-0.1, -0.05) is 6.08 Å². The van der Waals surface area contributed by atoms with E-state index in [0.29, 0.717) is 5.56 Å². The van der Waals surface area contributed by atoms with Crippen LogP contribution in [0.4, 0.5) is 0 Å². The van der Waals surface area contributed by atoms with Gasteiger partial charge in [0.25, 0.3) is 0 Å². The molecule has 0 saturated carbocycles. The average Bonchev–Trinajstić information content (AvgIpc) is 2.79. The summed E-state index contributed by atoms with van der Waals surface area (Å²) < 4.78 is 2.03. The van der Waals surface area contributed by atoms with Crippen LogP contribution in [0.5, 0.6) is 0 Å². The molecule has 0 aliphatic rings. The Morgan fingerprint density at radius 3 is 2.58 bits per heavy atom. The molecule has 0 aromatic carbocycles. The molecule has 0 aliphatic heterocycles. The number of nitrogens with zero attached hydrogens (tertiary/aromatic N) is 2. The highest BCUT2D eigenvalue weighted by molar-refractivity contribution is 6.06. The summed E-state index contributed by atoms with van der Waals surface area (Å²) >= 11 is 0. The van der Waals surface area contributed by atoms with Gasteiger partial charge in [-0.3, -0.25) is 9.78 Å². The summed E-state index contributed by atoms with van der Waals surface area (Å²) in [7, 11) is 1.98. The van der Waals surface area contributed by atoms with E-state index >= 15 is 0 Å². The zero-order valence-electron chi connectivity index (χ0n) is 11.1. The zero-order chi connectivity index (χ0) is 13.7. The number of ketones is 1. The van der Waals surface area contributed by atoms with Gasteiger partial charge in [-0.25, -0.2) is 0 Å². The molecule has 0 unspecified atom stereocenters. The van der Waals surface area contributed by atoms with Crippen LogP contribution in [0.2, 0.25) is 0 Å². The first-order chi connectivity index (χ1) is 9.22. The van der Waals surface area contributed by atoms with Gasteiger partial charge in [0.05, 0.1) is 0 Å². The first-order valence-corrected chi connectivity index (χ1v) is 6.13. The summed E-state index contributed by atoms with van der Waals surface area (Å²) in [6.45, 7) is 1.98. The Bertz CT molecular complexity index is 621. The van der Waals surface area contributed by atoms with Crippen LogP contribution in [-0.4, -0.2) is 15.3 Å². The number of rotatable bonds is 4. The van der Waals surface area contributed by atoms with Gasteiger partial charge >= 0.3 is 0 Å². The Morgan fingerprint density at radius 2 is 1.95 bits per heavy atom. The van der Waals surface area contributed by atoms with Crippen molar-refractivity contribution < 1.29 is 4.79 Å².